The summed E-state index contributed by atoms with van der Waals surface area (Å²) in [5.74, 6) is -0.839. The second kappa shape index (κ2) is 12.2. The number of pyridine rings is 2. The third-order valence-corrected chi connectivity index (χ3v) is 9.71. The minimum absolute atomic E-state index is 0.0351. The molecule has 4 aromatic heterocycles. The Morgan fingerprint density at radius 2 is 1.65 bits per heavy atom. The van der Waals surface area contributed by atoms with Crippen LogP contribution in [0.4, 0.5) is 10.7 Å². The summed E-state index contributed by atoms with van der Waals surface area (Å²) in [6.07, 6.45) is 5.83. The van der Waals surface area contributed by atoms with Crippen LogP contribution in [-0.2, 0) is 25.8 Å². The number of hydrogen-bond donors (Lipinski definition) is 3. The fourth-order valence-electron chi connectivity index (χ4n) is 6.15. The van der Waals surface area contributed by atoms with Crippen LogP contribution in [0.1, 0.15) is 55.1 Å². The quantitative estimate of drug-likeness (QED) is 0.184. The van der Waals surface area contributed by atoms with Crippen LogP contribution in [0.3, 0.4) is 0 Å². The maximum Gasteiger partial charge on any atom is 0.267 e. The van der Waals surface area contributed by atoms with Crippen molar-refractivity contribution < 1.29 is 9.59 Å². The van der Waals surface area contributed by atoms with Crippen molar-refractivity contribution in [1.29, 1.82) is 5.41 Å². The Morgan fingerprint density at radius 3 is 2.43 bits per heavy atom. The number of nitrogens with one attached hydrogen (secondary N) is 3. The van der Waals surface area contributed by atoms with Crippen LogP contribution in [0, 0.1) is 12.3 Å². The Balaban J connectivity index is 1.33. The number of fused-ring (bicyclic) bond motifs is 3. The van der Waals surface area contributed by atoms with Crippen molar-refractivity contribution in [2.45, 2.75) is 45.6 Å². The molecule has 0 unspecified atom stereocenters. The van der Waals surface area contributed by atoms with Crippen molar-refractivity contribution in [1.82, 2.24) is 14.0 Å². The lowest BCUT2D eigenvalue weighted by atomic mass is 9.95. The zero-order valence-corrected chi connectivity index (χ0v) is 26.1. The predicted octanol–water partition coefficient (Wildman–Crippen LogP) is 6.12. The van der Waals surface area contributed by atoms with E-state index in [1.807, 2.05) is 73.7 Å². The average molecular weight is 629 g/mol. The van der Waals surface area contributed by atoms with Gasteiger partial charge in [0.1, 0.15) is 21.8 Å². The van der Waals surface area contributed by atoms with Gasteiger partial charge in [0.2, 0.25) is 0 Å². The van der Waals surface area contributed by atoms with Gasteiger partial charge < -0.3 is 15.2 Å². The van der Waals surface area contributed by atoms with E-state index < -0.39 is 5.91 Å². The van der Waals surface area contributed by atoms with Gasteiger partial charge in [-0.15, -0.1) is 11.3 Å². The minimum atomic E-state index is -0.554. The number of para-hydroxylation sites is 1. The van der Waals surface area contributed by atoms with Crippen molar-refractivity contribution >= 4 is 50.5 Å². The number of aromatic nitrogens is 3. The number of carbonyl (C=O) groups excluding carboxylic acids is 2. The number of benzene rings is 2. The van der Waals surface area contributed by atoms with Gasteiger partial charge in [-0.25, -0.2) is 4.98 Å². The van der Waals surface area contributed by atoms with Gasteiger partial charge in [-0.2, -0.15) is 0 Å². The molecule has 2 amide bonds. The molecule has 1 aliphatic rings. The Hall–Kier alpha value is -5.35. The SMILES string of the molecule is Cc1cccn2c(=O)c3cc(C(=O)Nc4sc5c(c4C(=O)Nc4ccccc4)CCCC5)c(=N)n(CCc4ccccc4)c3nc12. The normalized spacial score (nSPS) is 12.6. The number of nitrogens with zero attached hydrogens (tertiary/aromatic N) is 3. The van der Waals surface area contributed by atoms with E-state index in [4.69, 9.17) is 4.98 Å². The van der Waals surface area contributed by atoms with Crippen LogP contribution in [0.2, 0.25) is 0 Å². The molecule has 2 aromatic carbocycles. The Labute approximate surface area is 268 Å². The summed E-state index contributed by atoms with van der Waals surface area (Å²) in [7, 11) is 0. The largest absolute Gasteiger partial charge is 0.322 e. The van der Waals surface area contributed by atoms with Crippen molar-refractivity contribution in [2.75, 3.05) is 10.6 Å². The lowest BCUT2D eigenvalue weighted by Gasteiger charge is -2.16. The van der Waals surface area contributed by atoms with E-state index in [0.29, 0.717) is 40.5 Å². The molecule has 0 fully saturated rings. The van der Waals surface area contributed by atoms with Gasteiger partial charge >= 0.3 is 0 Å². The maximum atomic E-state index is 14.1. The Bertz CT molecular complexity index is 2250. The van der Waals surface area contributed by atoms with E-state index in [1.54, 1.807) is 16.8 Å². The topological polar surface area (TPSA) is 121 Å². The molecule has 3 N–H and O–H groups in total. The van der Waals surface area contributed by atoms with E-state index in [9.17, 15) is 19.8 Å². The summed E-state index contributed by atoms with van der Waals surface area (Å²) in [6, 6.07) is 24.2. The molecule has 0 bridgehead atoms. The summed E-state index contributed by atoms with van der Waals surface area (Å²) in [6.45, 7) is 2.23. The van der Waals surface area contributed by atoms with Gasteiger partial charge in [-0.05, 0) is 80.0 Å². The smallest absolute Gasteiger partial charge is 0.267 e. The zero-order chi connectivity index (χ0) is 31.8. The number of thiophene rings is 1. The van der Waals surface area contributed by atoms with Gasteiger partial charge in [0, 0.05) is 23.3 Å². The van der Waals surface area contributed by atoms with Crippen molar-refractivity contribution in [3.63, 3.8) is 0 Å². The summed E-state index contributed by atoms with van der Waals surface area (Å²) in [5.41, 5.74) is 4.50. The third kappa shape index (κ3) is 5.41. The molecule has 0 spiro atoms. The van der Waals surface area contributed by atoms with E-state index in [-0.39, 0.29) is 27.9 Å². The fourth-order valence-corrected chi connectivity index (χ4v) is 7.43. The second-order valence-electron chi connectivity index (χ2n) is 11.5. The number of carbonyl (C=O) groups is 2. The highest BCUT2D eigenvalue weighted by molar-refractivity contribution is 7.17. The maximum absolute atomic E-state index is 14.1. The molecular weight excluding hydrogens is 597 g/mol. The molecular formula is C36H32N6O3S. The third-order valence-electron chi connectivity index (χ3n) is 8.50. The zero-order valence-electron chi connectivity index (χ0n) is 25.3. The van der Waals surface area contributed by atoms with Crippen molar-refractivity contribution in [3.05, 3.63) is 134 Å². The number of anilines is 2. The highest BCUT2D eigenvalue weighted by Crippen LogP contribution is 2.38. The standard InChI is InChI=1S/C36H32N6O3S/c1-22-11-10-19-42-31(22)39-32-27(36(42)45)21-26(30(37)41(32)20-18-23-12-4-2-5-13-23)33(43)40-35-29(25-16-8-9-17-28(25)46-35)34(44)38-24-14-6-3-7-15-24/h2-7,10-15,19,21,37H,8-9,16-18,20H2,1H3,(H,38,44)(H,40,43). The van der Waals surface area contributed by atoms with E-state index in [0.717, 1.165) is 47.3 Å². The van der Waals surface area contributed by atoms with Crippen LogP contribution in [0.15, 0.2) is 89.9 Å². The first-order chi connectivity index (χ1) is 22.4. The molecule has 0 atom stereocenters. The molecule has 46 heavy (non-hydrogen) atoms. The van der Waals surface area contributed by atoms with Crippen LogP contribution < -0.4 is 21.7 Å². The molecule has 1 aliphatic carbocycles. The van der Waals surface area contributed by atoms with Gasteiger partial charge in [0.25, 0.3) is 17.4 Å². The average Bonchev–Trinajstić information content (AvgIpc) is 3.43. The van der Waals surface area contributed by atoms with Crippen molar-refractivity contribution in [3.8, 4) is 0 Å². The second-order valence-corrected chi connectivity index (χ2v) is 12.6. The molecule has 0 radical (unpaired) electrons. The summed E-state index contributed by atoms with van der Waals surface area (Å²) < 4.78 is 3.12. The molecule has 4 heterocycles. The van der Waals surface area contributed by atoms with Crippen LogP contribution >= 0.6 is 11.3 Å². The summed E-state index contributed by atoms with van der Waals surface area (Å²) in [4.78, 5) is 47.5. The summed E-state index contributed by atoms with van der Waals surface area (Å²) >= 11 is 1.41. The molecule has 6 aromatic rings. The van der Waals surface area contributed by atoms with E-state index >= 15 is 0 Å². The lowest BCUT2D eigenvalue weighted by molar-refractivity contribution is 0.102. The first kappa shape index (κ1) is 29.4. The molecule has 0 saturated heterocycles. The van der Waals surface area contributed by atoms with Gasteiger partial charge in [0.15, 0.2) is 0 Å². The van der Waals surface area contributed by atoms with Crippen LogP contribution in [0.5, 0.6) is 0 Å². The first-order valence-corrected chi connectivity index (χ1v) is 16.2. The van der Waals surface area contributed by atoms with Crippen molar-refractivity contribution in [2.24, 2.45) is 0 Å². The molecule has 230 valence electrons. The monoisotopic (exact) mass is 628 g/mol. The van der Waals surface area contributed by atoms with Crippen LogP contribution in [-0.4, -0.2) is 25.8 Å². The lowest BCUT2D eigenvalue weighted by Crippen LogP contribution is -2.33. The van der Waals surface area contributed by atoms with Crippen LogP contribution in [0.25, 0.3) is 16.7 Å². The van der Waals surface area contributed by atoms with E-state index in [2.05, 4.69) is 10.6 Å². The fraction of sp³-hybridized carbons (Fsp3) is 0.194. The van der Waals surface area contributed by atoms with Gasteiger partial charge in [-0.3, -0.25) is 24.2 Å². The molecule has 10 heteroatoms. The van der Waals surface area contributed by atoms with Gasteiger partial charge in [0.05, 0.1) is 16.5 Å². The molecule has 0 saturated carbocycles. The van der Waals surface area contributed by atoms with E-state index in [1.165, 1.54) is 21.8 Å². The Kier molecular flexibility index (Phi) is 7.79. The minimum Gasteiger partial charge on any atom is -0.322 e. The molecule has 7 rings (SSSR count). The number of amides is 2. The first-order valence-electron chi connectivity index (χ1n) is 15.4. The Morgan fingerprint density at radius 1 is 0.913 bits per heavy atom. The van der Waals surface area contributed by atoms with Gasteiger partial charge in [-0.1, -0.05) is 54.6 Å². The predicted molar refractivity (Wildman–Crippen MR) is 181 cm³/mol. The number of rotatable bonds is 7. The molecule has 0 aliphatic heterocycles. The highest BCUT2D eigenvalue weighted by atomic mass is 32.1. The number of aryl methyl sites for hydroxylation is 4. The summed E-state index contributed by atoms with van der Waals surface area (Å²) in [5, 5.41) is 15.9. The number of hydrogen-bond acceptors (Lipinski definition) is 6. The molecule has 9 nitrogen and oxygen atoms in total. The highest BCUT2D eigenvalue weighted by Gasteiger charge is 2.28.